The second kappa shape index (κ2) is 6.26. The minimum atomic E-state index is -1.12. The van der Waals surface area contributed by atoms with Crippen molar-refractivity contribution in [1.82, 2.24) is 0 Å². The molecule has 6 heteroatoms. The maximum Gasteiger partial charge on any atom is 0.323 e. The van der Waals surface area contributed by atoms with Gasteiger partial charge in [0.1, 0.15) is 17.7 Å². The zero-order valence-corrected chi connectivity index (χ0v) is 10.8. The Bertz CT molecular complexity index is 447. The highest BCUT2D eigenvalue weighted by molar-refractivity contribution is 6.32. The number of ether oxygens (including phenoxy) is 1. The maximum atomic E-state index is 11.9. The number of aliphatic carboxylic acids is 1. The number of alkyl halides is 1. The van der Waals surface area contributed by atoms with Gasteiger partial charge < -0.3 is 9.84 Å². The van der Waals surface area contributed by atoms with Crippen LogP contribution in [0, 0.1) is 0 Å². The average molecular weight is 272 g/mol. The molecule has 1 aromatic carbocycles. The molecule has 1 amide bonds. The van der Waals surface area contributed by atoms with E-state index in [2.05, 4.69) is 0 Å². The smallest absolute Gasteiger partial charge is 0.323 e. The van der Waals surface area contributed by atoms with Crippen LogP contribution in [0.1, 0.15) is 6.92 Å². The number of para-hydroxylation sites is 2. The van der Waals surface area contributed by atoms with Crippen molar-refractivity contribution in [2.24, 2.45) is 0 Å². The van der Waals surface area contributed by atoms with Crippen LogP contribution in [-0.2, 0) is 9.59 Å². The minimum Gasteiger partial charge on any atom is -0.495 e. The predicted octanol–water partition coefficient (Wildman–Crippen LogP) is 1.74. The number of anilines is 1. The van der Waals surface area contributed by atoms with Crippen molar-refractivity contribution in [2.45, 2.75) is 12.3 Å². The number of carbonyl (C=O) groups excluding carboxylic acids is 1. The van der Waals surface area contributed by atoms with E-state index in [0.717, 1.165) is 4.90 Å². The molecule has 0 fully saturated rings. The zero-order valence-electron chi connectivity index (χ0n) is 10.1. The van der Waals surface area contributed by atoms with Gasteiger partial charge in [0.15, 0.2) is 0 Å². The standard InChI is InChI=1S/C12H14ClNO4/c1-8(13)12(17)14(7-11(15)16)9-5-3-4-6-10(9)18-2/h3-6,8H,7H2,1-2H3,(H,15,16). The van der Waals surface area contributed by atoms with Crippen LogP contribution in [0.25, 0.3) is 0 Å². The molecule has 1 aromatic rings. The van der Waals surface area contributed by atoms with Gasteiger partial charge in [-0.3, -0.25) is 14.5 Å². The summed E-state index contributed by atoms with van der Waals surface area (Å²) >= 11 is 5.73. The van der Waals surface area contributed by atoms with E-state index in [9.17, 15) is 9.59 Å². The highest BCUT2D eigenvalue weighted by Crippen LogP contribution is 2.28. The minimum absolute atomic E-state index is 0.389. The van der Waals surface area contributed by atoms with Gasteiger partial charge in [-0.05, 0) is 19.1 Å². The van der Waals surface area contributed by atoms with Gasteiger partial charge in [-0.2, -0.15) is 0 Å². The molecule has 0 radical (unpaired) electrons. The molecule has 0 heterocycles. The van der Waals surface area contributed by atoms with E-state index in [-0.39, 0.29) is 0 Å². The van der Waals surface area contributed by atoms with Crippen molar-refractivity contribution in [2.75, 3.05) is 18.6 Å². The highest BCUT2D eigenvalue weighted by atomic mass is 35.5. The molecule has 18 heavy (non-hydrogen) atoms. The molecule has 0 aliphatic carbocycles. The molecule has 1 unspecified atom stereocenters. The average Bonchev–Trinajstić information content (AvgIpc) is 2.34. The molecule has 0 bridgehead atoms. The Morgan fingerprint density at radius 1 is 1.44 bits per heavy atom. The molecule has 1 N–H and O–H groups in total. The van der Waals surface area contributed by atoms with Gasteiger partial charge in [0.2, 0.25) is 5.91 Å². The van der Waals surface area contributed by atoms with E-state index in [1.54, 1.807) is 24.3 Å². The van der Waals surface area contributed by atoms with Crippen LogP contribution in [0.2, 0.25) is 0 Å². The number of nitrogens with zero attached hydrogens (tertiary/aromatic N) is 1. The van der Waals surface area contributed by atoms with Crippen molar-refractivity contribution in [3.8, 4) is 5.75 Å². The quantitative estimate of drug-likeness (QED) is 0.829. The first kappa shape index (κ1) is 14.3. The lowest BCUT2D eigenvalue weighted by atomic mass is 10.2. The van der Waals surface area contributed by atoms with Crippen LogP contribution in [-0.4, -0.2) is 36.0 Å². The first-order valence-corrected chi connectivity index (χ1v) is 5.71. The number of methoxy groups -OCH3 is 1. The van der Waals surface area contributed by atoms with Gasteiger partial charge in [-0.25, -0.2) is 0 Å². The topological polar surface area (TPSA) is 66.8 Å². The van der Waals surface area contributed by atoms with Gasteiger partial charge >= 0.3 is 5.97 Å². The lowest BCUT2D eigenvalue weighted by Crippen LogP contribution is -2.39. The third-order valence-electron chi connectivity index (χ3n) is 2.28. The molecule has 1 atom stereocenters. The summed E-state index contributed by atoms with van der Waals surface area (Å²) in [4.78, 5) is 23.9. The Kier molecular flexibility index (Phi) is 4.97. The highest BCUT2D eigenvalue weighted by Gasteiger charge is 2.24. The molecular formula is C12H14ClNO4. The van der Waals surface area contributed by atoms with Gasteiger partial charge in [0, 0.05) is 0 Å². The fourth-order valence-electron chi connectivity index (χ4n) is 1.48. The van der Waals surface area contributed by atoms with Gasteiger partial charge in [0.25, 0.3) is 0 Å². The number of carbonyl (C=O) groups is 2. The summed E-state index contributed by atoms with van der Waals surface area (Å²) in [7, 11) is 1.45. The molecule has 1 rings (SSSR count). The SMILES string of the molecule is COc1ccccc1N(CC(=O)O)C(=O)C(C)Cl. The van der Waals surface area contributed by atoms with Crippen molar-refractivity contribution >= 4 is 29.2 Å². The normalized spacial score (nSPS) is 11.7. The van der Waals surface area contributed by atoms with Crippen LogP contribution >= 0.6 is 11.6 Å². The number of hydrogen-bond acceptors (Lipinski definition) is 3. The van der Waals surface area contributed by atoms with E-state index < -0.39 is 23.8 Å². The van der Waals surface area contributed by atoms with Gasteiger partial charge in [-0.15, -0.1) is 11.6 Å². The number of hydrogen-bond donors (Lipinski definition) is 1. The Morgan fingerprint density at radius 3 is 2.56 bits per heavy atom. The first-order chi connectivity index (χ1) is 8.47. The van der Waals surface area contributed by atoms with E-state index in [1.165, 1.54) is 14.0 Å². The molecule has 0 aliphatic heterocycles. The number of carboxylic acid groups (broad SMARTS) is 1. The van der Waals surface area contributed by atoms with Crippen molar-refractivity contribution in [3.05, 3.63) is 24.3 Å². The van der Waals surface area contributed by atoms with Gasteiger partial charge in [0.05, 0.1) is 12.8 Å². The molecule has 98 valence electrons. The second-order valence-electron chi connectivity index (χ2n) is 3.61. The summed E-state index contributed by atoms with van der Waals surface area (Å²) in [6.07, 6.45) is 0. The van der Waals surface area contributed by atoms with E-state index in [4.69, 9.17) is 21.4 Å². The summed E-state index contributed by atoms with van der Waals surface area (Å²) < 4.78 is 5.11. The molecule has 0 aliphatic rings. The first-order valence-electron chi connectivity index (χ1n) is 5.27. The molecule has 5 nitrogen and oxygen atoms in total. The molecule has 0 spiro atoms. The third kappa shape index (κ3) is 3.37. The fraction of sp³-hybridized carbons (Fsp3) is 0.333. The Morgan fingerprint density at radius 2 is 2.06 bits per heavy atom. The zero-order chi connectivity index (χ0) is 13.7. The summed E-state index contributed by atoms with van der Waals surface area (Å²) in [5.74, 6) is -1.18. The van der Waals surface area contributed by atoms with E-state index in [1.807, 2.05) is 0 Å². The van der Waals surface area contributed by atoms with Gasteiger partial charge in [-0.1, -0.05) is 12.1 Å². The Balaban J connectivity index is 3.16. The second-order valence-corrected chi connectivity index (χ2v) is 4.26. The van der Waals surface area contributed by atoms with Crippen molar-refractivity contribution < 1.29 is 19.4 Å². The largest absolute Gasteiger partial charge is 0.495 e. The van der Waals surface area contributed by atoms with E-state index in [0.29, 0.717) is 11.4 Å². The summed E-state index contributed by atoms with van der Waals surface area (Å²) in [6.45, 7) is 1.03. The van der Waals surface area contributed by atoms with Crippen LogP contribution in [0.5, 0.6) is 5.75 Å². The Hall–Kier alpha value is -1.75. The molecule has 0 saturated carbocycles. The van der Waals surface area contributed by atoms with E-state index >= 15 is 0 Å². The number of benzene rings is 1. The number of halogens is 1. The van der Waals surface area contributed by atoms with Crippen LogP contribution in [0.4, 0.5) is 5.69 Å². The maximum absolute atomic E-state index is 11.9. The lowest BCUT2D eigenvalue weighted by Gasteiger charge is -2.23. The predicted molar refractivity (Wildman–Crippen MR) is 68.3 cm³/mol. The monoisotopic (exact) mass is 271 g/mol. The number of rotatable bonds is 5. The summed E-state index contributed by atoms with van der Waals surface area (Å²) in [6, 6.07) is 6.68. The fourth-order valence-corrected chi connectivity index (χ4v) is 1.60. The summed E-state index contributed by atoms with van der Waals surface area (Å²) in [5.41, 5.74) is 0.389. The molecule has 0 saturated heterocycles. The van der Waals surface area contributed by atoms with Crippen molar-refractivity contribution in [3.63, 3.8) is 0 Å². The van der Waals surface area contributed by atoms with Crippen LogP contribution < -0.4 is 9.64 Å². The number of carboxylic acids is 1. The lowest BCUT2D eigenvalue weighted by molar-refractivity contribution is -0.136. The third-order valence-corrected chi connectivity index (χ3v) is 2.46. The molecular weight excluding hydrogens is 258 g/mol. The van der Waals surface area contributed by atoms with Crippen LogP contribution in [0.15, 0.2) is 24.3 Å². The van der Waals surface area contributed by atoms with Crippen LogP contribution in [0.3, 0.4) is 0 Å². The number of amides is 1. The Labute approximate surface area is 110 Å². The summed E-state index contributed by atoms with van der Waals surface area (Å²) in [5, 5.41) is 8.05. The molecule has 0 aromatic heterocycles. The van der Waals surface area contributed by atoms with Crippen molar-refractivity contribution in [1.29, 1.82) is 0 Å².